The average Bonchev–Trinajstić information content (AvgIpc) is 2.69. The fourth-order valence-electron chi connectivity index (χ4n) is 3.47. The largest absolute Gasteiger partial charge is 0.300 e. The Morgan fingerprint density at radius 3 is 2.63 bits per heavy atom. The molecule has 3 rings (SSSR count). The van der Waals surface area contributed by atoms with Crippen molar-refractivity contribution in [3.63, 3.8) is 0 Å². The SMILES string of the molecule is CCN1CCN(Cc2ccc(C(=O)NN)cc2F)C(c2ccc(Cl)cc2)C1. The van der Waals surface area contributed by atoms with Gasteiger partial charge in [0.15, 0.2) is 0 Å². The third-order valence-electron chi connectivity index (χ3n) is 5.10. The van der Waals surface area contributed by atoms with Crippen molar-refractivity contribution in [2.75, 3.05) is 26.2 Å². The van der Waals surface area contributed by atoms with Crippen LogP contribution >= 0.6 is 11.6 Å². The van der Waals surface area contributed by atoms with Crippen LogP contribution in [-0.4, -0.2) is 41.9 Å². The molecule has 2 aromatic rings. The first-order valence-corrected chi connectivity index (χ1v) is 9.41. The van der Waals surface area contributed by atoms with Gasteiger partial charge in [-0.2, -0.15) is 0 Å². The molecule has 1 amide bonds. The summed E-state index contributed by atoms with van der Waals surface area (Å²) in [6.07, 6.45) is 0. The van der Waals surface area contributed by atoms with Gasteiger partial charge in [0.25, 0.3) is 5.91 Å². The molecular weight excluding hydrogens is 367 g/mol. The van der Waals surface area contributed by atoms with E-state index < -0.39 is 11.7 Å². The maximum absolute atomic E-state index is 14.6. The van der Waals surface area contributed by atoms with Gasteiger partial charge in [-0.3, -0.25) is 15.1 Å². The molecule has 1 heterocycles. The zero-order valence-electron chi connectivity index (χ0n) is 15.3. The van der Waals surface area contributed by atoms with E-state index in [4.69, 9.17) is 17.4 Å². The van der Waals surface area contributed by atoms with Gasteiger partial charge in [-0.15, -0.1) is 0 Å². The number of rotatable bonds is 5. The molecule has 2 aromatic carbocycles. The zero-order valence-corrected chi connectivity index (χ0v) is 16.0. The maximum atomic E-state index is 14.6. The van der Waals surface area contributed by atoms with E-state index in [-0.39, 0.29) is 11.6 Å². The number of likely N-dealkylation sites (N-methyl/N-ethyl adjacent to an activating group) is 1. The molecule has 5 nitrogen and oxygen atoms in total. The normalized spacial score (nSPS) is 18.4. The summed E-state index contributed by atoms with van der Waals surface area (Å²) in [5, 5.41) is 0.702. The predicted octanol–water partition coefficient (Wildman–Crippen LogP) is 2.96. The molecule has 27 heavy (non-hydrogen) atoms. The van der Waals surface area contributed by atoms with Crippen LogP contribution in [-0.2, 0) is 6.54 Å². The number of nitrogens with two attached hydrogens (primary N) is 1. The van der Waals surface area contributed by atoms with Crippen molar-refractivity contribution in [2.45, 2.75) is 19.5 Å². The topological polar surface area (TPSA) is 61.6 Å². The number of carbonyl (C=O) groups is 1. The molecule has 0 aromatic heterocycles. The number of amides is 1. The van der Waals surface area contributed by atoms with Crippen LogP contribution in [0.15, 0.2) is 42.5 Å². The average molecular weight is 391 g/mol. The third kappa shape index (κ3) is 4.65. The first kappa shape index (κ1) is 19.8. The van der Waals surface area contributed by atoms with Crippen LogP contribution in [0.1, 0.15) is 34.5 Å². The molecule has 7 heteroatoms. The summed E-state index contributed by atoms with van der Waals surface area (Å²) < 4.78 is 14.6. The molecule has 3 N–H and O–H groups in total. The van der Waals surface area contributed by atoms with Crippen molar-refractivity contribution in [3.8, 4) is 0 Å². The summed E-state index contributed by atoms with van der Waals surface area (Å²) in [4.78, 5) is 16.2. The Hall–Kier alpha value is -1.99. The lowest BCUT2D eigenvalue weighted by Crippen LogP contribution is -2.47. The summed E-state index contributed by atoms with van der Waals surface area (Å²) in [6.45, 7) is 6.26. The predicted molar refractivity (Wildman–Crippen MR) is 105 cm³/mol. The highest BCUT2D eigenvalue weighted by molar-refractivity contribution is 6.30. The Labute approximate surface area is 163 Å². The molecule has 1 atom stereocenters. The van der Waals surface area contributed by atoms with Crippen LogP contribution in [0.2, 0.25) is 5.02 Å². The Kier molecular flexibility index (Phi) is 6.44. The van der Waals surface area contributed by atoms with Crippen LogP contribution in [0.3, 0.4) is 0 Å². The highest BCUT2D eigenvalue weighted by Crippen LogP contribution is 2.28. The molecule has 0 aliphatic carbocycles. The fourth-order valence-corrected chi connectivity index (χ4v) is 3.60. The van der Waals surface area contributed by atoms with E-state index in [2.05, 4.69) is 16.7 Å². The molecule has 1 aliphatic rings. The van der Waals surface area contributed by atoms with Crippen molar-refractivity contribution in [3.05, 3.63) is 70.0 Å². The number of piperazine rings is 1. The summed E-state index contributed by atoms with van der Waals surface area (Å²) in [6, 6.07) is 12.5. The van der Waals surface area contributed by atoms with E-state index in [0.29, 0.717) is 17.1 Å². The van der Waals surface area contributed by atoms with Gasteiger partial charge in [0.2, 0.25) is 0 Å². The van der Waals surface area contributed by atoms with Gasteiger partial charge in [-0.1, -0.05) is 36.7 Å². The Morgan fingerprint density at radius 2 is 2.00 bits per heavy atom. The molecule has 1 fully saturated rings. The number of hydrogen-bond donors (Lipinski definition) is 2. The molecule has 144 valence electrons. The molecule has 0 spiro atoms. The van der Waals surface area contributed by atoms with Crippen molar-refractivity contribution in [2.24, 2.45) is 5.84 Å². The fraction of sp³-hybridized carbons (Fsp3) is 0.350. The summed E-state index contributed by atoms with van der Waals surface area (Å²) in [5.74, 6) is 4.21. The van der Waals surface area contributed by atoms with Crippen LogP contribution in [0.4, 0.5) is 4.39 Å². The van der Waals surface area contributed by atoms with Crippen LogP contribution in [0, 0.1) is 5.82 Å². The minimum Gasteiger partial charge on any atom is -0.300 e. The van der Waals surface area contributed by atoms with E-state index in [1.54, 1.807) is 12.1 Å². The number of nitrogens with zero attached hydrogens (tertiary/aromatic N) is 2. The van der Waals surface area contributed by atoms with E-state index in [1.165, 1.54) is 6.07 Å². The van der Waals surface area contributed by atoms with E-state index in [1.807, 2.05) is 29.7 Å². The Bertz CT molecular complexity index is 799. The first-order chi connectivity index (χ1) is 13.0. The first-order valence-electron chi connectivity index (χ1n) is 9.03. The number of hydrazine groups is 1. The summed E-state index contributed by atoms with van der Waals surface area (Å²) in [5.41, 5.74) is 3.96. The third-order valence-corrected chi connectivity index (χ3v) is 5.35. The summed E-state index contributed by atoms with van der Waals surface area (Å²) in [7, 11) is 0. The van der Waals surface area contributed by atoms with E-state index in [0.717, 1.165) is 31.7 Å². The number of hydrogen-bond acceptors (Lipinski definition) is 4. The molecule has 0 saturated carbocycles. The number of halogens is 2. The van der Waals surface area contributed by atoms with Gasteiger partial charge in [0.1, 0.15) is 5.82 Å². The lowest BCUT2D eigenvalue weighted by Gasteiger charge is -2.41. The van der Waals surface area contributed by atoms with Gasteiger partial charge in [-0.25, -0.2) is 10.2 Å². The van der Waals surface area contributed by atoms with E-state index >= 15 is 0 Å². The van der Waals surface area contributed by atoms with Crippen molar-refractivity contribution >= 4 is 17.5 Å². The van der Waals surface area contributed by atoms with Crippen molar-refractivity contribution in [1.82, 2.24) is 15.2 Å². The van der Waals surface area contributed by atoms with E-state index in [9.17, 15) is 9.18 Å². The minimum atomic E-state index is -0.504. The smallest absolute Gasteiger partial charge is 0.265 e. The highest BCUT2D eigenvalue weighted by atomic mass is 35.5. The van der Waals surface area contributed by atoms with Crippen LogP contribution in [0.5, 0.6) is 0 Å². The molecular formula is C20H24ClFN4O. The van der Waals surface area contributed by atoms with Crippen LogP contribution < -0.4 is 11.3 Å². The molecule has 1 aliphatic heterocycles. The van der Waals surface area contributed by atoms with Gasteiger partial charge < -0.3 is 4.90 Å². The van der Waals surface area contributed by atoms with Gasteiger partial charge >= 0.3 is 0 Å². The second-order valence-corrected chi connectivity index (χ2v) is 7.15. The molecule has 0 bridgehead atoms. The van der Waals surface area contributed by atoms with Crippen molar-refractivity contribution in [1.29, 1.82) is 0 Å². The van der Waals surface area contributed by atoms with Gasteiger partial charge in [0.05, 0.1) is 0 Å². The quantitative estimate of drug-likeness (QED) is 0.468. The Balaban J connectivity index is 1.83. The summed E-state index contributed by atoms with van der Waals surface area (Å²) >= 11 is 6.03. The number of carbonyl (C=O) groups excluding carboxylic acids is 1. The van der Waals surface area contributed by atoms with Crippen molar-refractivity contribution < 1.29 is 9.18 Å². The lowest BCUT2D eigenvalue weighted by atomic mass is 10.0. The molecule has 1 unspecified atom stereocenters. The number of nitrogen functional groups attached to an aromatic ring is 1. The van der Waals surface area contributed by atoms with Crippen LogP contribution in [0.25, 0.3) is 0 Å². The molecule has 1 saturated heterocycles. The maximum Gasteiger partial charge on any atom is 0.265 e. The second kappa shape index (κ2) is 8.80. The minimum absolute atomic E-state index is 0.155. The zero-order chi connectivity index (χ0) is 19.4. The number of nitrogens with one attached hydrogen (secondary N) is 1. The monoisotopic (exact) mass is 390 g/mol. The second-order valence-electron chi connectivity index (χ2n) is 6.71. The lowest BCUT2D eigenvalue weighted by molar-refractivity contribution is 0.0703. The van der Waals surface area contributed by atoms with Gasteiger partial charge in [-0.05, 0) is 36.4 Å². The standard InChI is InChI=1S/C20H24ClFN4O/c1-2-25-9-10-26(19(13-25)14-5-7-17(21)8-6-14)12-16-4-3-15(11-18(16)22)20(27)24-23/h3-8,11,19H,2,9-10,12-13,23H2,1H3,(H,24,27). The molecule has 0 radical (unpaired) electrons. The Morgan fingerprint density at radius 1 is 1.26 bits per heavy atom. The highest BCUT2D eigenvalue weighted by Gasteiger charge is 2.28. The number of benzene rings is 2. The van der Waals surface area contributed by atoms with Gasteiger partial charge in [0, 0.05) is 48.4 Å².